The Morgan fingerprint density at radius 1 is 0.341 bits per heavy atom. The van der Waals surface area contributed by atoms with E-state index in [1.807, 2.05) is 0 Å². The molecule has 0 saturated carbocycles. The fourth-order valence-electron chi connectivity index (χ4n) is 4.42. The molecule has 0 aromatic heterocycles. The van der Waals surface area contributed by atoms with Gasteiger partial charge < -0.3 is 0 Å². The van der Waals surface area contributed by atoms with Crippen molar-refractivity contribution in [2.75, 3.05) is 12.3 Å². The van der Waals surface area contributed by atoms with E-state index in [0.29, 0.717) is 0 Å². The highest BCUT2D eigenvalue weighted by molar-refractivity contribution is 9.39. The zero-order chi connectivity index (χ0) is 32.5. The van der Waals surface area contributed by atoms with Crippen LogP contribution in [0.2, 0.25) is 0 Å². The van der Waals surface area contributed by atoms with Crippen molar-refractivity contribution in [3.8, 4) is 0 Å². The monoisotopic (exact) mass is 1390 g/mol. The maximum Gasteiger partial charge on any atom is 0.159 e. The highest BCUT2D eigenvalue weighted by Crippen LogP contribution is 2.50. The molecule has 0 atom stereocenters. The van der Waals surface area contributed by atoms with Gasteiger partial charge in [-0.15, -0.1) is 0 Å². The van der Waals surface area contributed by atoms with Crippen molar-refractivity contribution in [1.29, 1.82) is 0 Å². The van der Waals surface area contributed by atoms with E-state index in [9.17, 15) is 0 Å². The Morgan fingerprint density at radius 3 is 0.727 bits per heavy atom. The van der Waals surface area contributed by atoms with E-state index in [1.165, 1.54) is 21.2 Å². The minimum absolute atomic E-state index is 0.489. The Kier molecular flexibility index (Phi) is 15.5. The van der Waals surface area contributed by atoms with Gasteiger partial charge in [-0.1, -0.05) is 264 Å². The van der Waals surface area contributed by atoms with Gasteiger partial charge in [-0.3, -0.25) is 0 Å². The van der Waals surface area contributed by atoms with Gasteiger partial charge >= 0.3 is 0 Å². The summed E-state index contributed by atoms with van der Waals surface area (Å²) in [6.45, 7) is 0. The van der Waals surface area contributed by atoms with Gasteiger partial charge in [0.05, 0.1) is 0 Å². The second-order valence-electron chi connectivity index (χ2n) is 9.50. The summed E-state index contributed by atoms with van der Waals surface area (Å²) in [5.74, 6) is 0. The van der Waals surface area contributed by atoms with Gasteiger partial charge in [0.15, 0.2) is 8.57 Å². The Hall–Kier alpha value is 3.50. The van der Waals surface area contributed by atoms with Crippen LogP contribution in [0.3, 0.4) is 0 Å². The number of hydrogen-bond acceptors (Lipinski definition) is 0. The number of rotatable bonds is 7. The van der Waals surface area contributed by atoms with Crippen LogP contribution in [-0.2, 0) is 8.57 Å². The molecule has 44 heavy (non-hydrogen) atoms. The van der Waals surface area contributed by atoms with E-state index >= 15 is 0 Å². The van der Waals surface area contributed by atoms with Gasteiger partial charge in [0, 0.05) is 0 Å². The van der Waals surface area contributed by atoms with Crippen molar-refractivity contribution < 1.29 is 0 Å². The molecule has 0 radical (unpaired) electrons. The fraction of sp³-hybridized carbons (Fsp3) is 0.200. The van der Waals surface area contributed by atoms with E-state index < -0.39 is 24.4 Å². The predicted octanol–water partition coefficient (Wildman–Crippen LogP) is 14.4. The third-order valence-electron chi connectivity index (χ3n) is 6.49. The lowest BCUT2D eigenvalue weighted by molar-refractivity contribution is 1.37. The van der Waals surface area contributed by atoms with Crippen molar-refractivity contribution >= 4 is 228 Å². The third-order valence-corrected chi connectivity index (χ3v) is 17.3. The van der Waals surface area contributed by atoms with Gasteiger partial charge in [-0.2, -0.15) is 0 Å². The van der Waals surface area contributed by atoms with E-state index in [-0.39, 0.29) is 0 Å². The third kappa shape index (κ3) is 11.5. The zero-order valence-electron chi connectivity index (χ0n) is 22.1. The van der Waals surface area contributed by atoms with Crippen molar-refractivity contribution in [3.63, 3.8) is 0 Å². The lowest BCUT2D eigenvalue weighted by Crippen LogP contribution is -2.22. The van der Waals surface area contributed by atoms with Gasteiger partial charge in [0.2, 0.25) is 0 Å². The van der Waals surface area contributed by atoms with Crippen molar-refractivity contribution in [3.05, 3.63) is 119 Å². The molecule has 0 amide bonds. The fourth-order valence-corrected chi connectivity index (χ4v) is 12.8. The summed E-state index contributed by atoms with van der Waals surface area (Å²) < 4.78 is -1.96. The van der Waals surface area contributed by atoms with E-state index in [4.69, 9.17) is 0 Å². The SMILES string of the molecule is BrC(Br)(Br)c1cccc(P(CCP(c2cccc(C(Br)(Br)Br)c2)c2cccc(C(Br)(Br)Br)c2)c2cccc(C(Br)(Br)Br)c2)c1. The van der Waals surface area contributed by atoms with Crippen LogP contribution >= 0.6 is 207 Å². The van der Waals surface area contributed by atoms with Crippen LogP contribution in [0.15, 0.2) is 97.1 Å². The molecular weight excluding hydrogens is 1380 g/mol. The molecule has 0 aliphatic heterocycles. The Bertz CT molecular complexity index is 1350. The highest BCUT2D eigenvalue weighted by Gasteiger charge is 2.28. The zero-order valence-corrected chi connectivity index (χ0v) is 42.9. The molecule has 4 aromatic rings. The molecule has 234 valence electrons. The largest absolute Gasteiger partial charge is 0.159 e. The number of alkyl halides is 12. The maximum absolute atomic E-state index is 3.73. The minimum atomic E-state index is -0.716. The van der Waals surface area contributed by atoms with Crippen LogP contribution in [0, 0.1) is 0 Å². The lowest BCUT2D eigenvalue weighted by atomic mass is 10.2. The smallest absolute Gasteiger partial charge is 0.0612 e. The van der Waals surface area contributed by atoms with Crippen molar-refractivity contribution in [2.24, 2.45) is 0 Å². The van der Waals surface area contributed by atoms with E-state index in [0.717, 1.165) is 34.6 Å². The summed E-state index contributed by atoms with van der Waals surface area (Å²) in [4.78, 5) is 0. The number of benzene rings is 4. The molecule has 0 N–H and O–H groups in total. The first kappa shape index (κ1) is 40.3. The standard InChI is InChI=1S/C30H20Br12P2/c31-27(32,33)19-5-1-9-23(15-19)43(24-10-2-6-20(16-24)28(34,35)36)13-14-44(25-11-3-7-21(17-25)29(37,38)39)26-12-4-8-22(18-26)30(40,41)42/h1-12,15-18H,13-14H2. The van der Waals surface area contributed by atoms with Crippen molar-refractivity contribution in [1.82, 2.24) is 0 Å². The van der Waals surface area contributed by atoms with Crippen LogP contribution in [0.5, 0.6) is 0 Å². The summed E-state index contributed by atoms with van der Waals surface area (Å²) in [7, 11) is -1.43. The predicted molar refractivity (Wildman–Crippen MR) is 242 cm³/mol. The summed E-state index contributed by atoms with van der Waals surface area (Å²) in [6, 6.07) is 35.3. The molecule has 0 bridgehead atoms. The second-order valence-corrected chi connectivity index (χ2v) is 41.2. The molecule has 0 heterocycles. The van der Waals surface area contributed by atoms with E-state index in [1.54, 1.807) is 0 Å². The van der Waals surface area contributed by atoms with E-state index in [2.05, 4.69) is 288 Å². The highest BCUT2D eigenvalue weighted by atomic mass is 80.0. The van der Waals surface area contributed by atoms with Gasteiger partial charge in [-0.05, 0) is 95.9 Å². The Morgan fingerprint density at radius 2 is 0.545 bits per heavy atom. The average molecular weight is 1400 g/mol. The lowest BCUT2D eigenvalue weighted by Gasteiger charge is -2.27. The molecule has 0 spiro atoms. The van der Waals surface area contributed by atoms with Crippen LogP contribution < -0.4 is 21.2 Å². The summed E-state index contributed by atoms with van der Waals surface area (Å²) >= 11 is 44.8. The van der Waals surface area contributed by atoms with Gasteiger partial charge in [-0.25, -0.2) is 0 Å². The average Bonchev–Trinajstić information content (AvgIpc) is 2.94. The molecular formula is C30H20Br12P2. The molecule has 4 rings (SSSR count). The van der Waals surface area contributed by atoms with Crippen LogP contribution in [0.25, 0.3) is 0 Å². The molecule has 0 fully saturated rings. The van der Waals surface area contributed by atoms with Gasteiger partial charge in [0.1, 0.15) is 0 Å². The molecule has 0 saturated heterocycles. The van der Waals surface area contributed by atoms with Crippen molar-refractivity contribution in [2.45, 2.75) is 8.57 Å². The second kappa shape index (κ2) is 16.9. The first-order valence-corrected chi connectivity index (χ1v) is 25.1. The summed E-state index contributed by atoms with van der Waals surface area (Å²) in [6.07, 6.45) is 2.01. The number of halogens is 12. The minimum Gasteiger partial charge on any atom is -0.0612 e. The molecule has 0 nitrogen and oxygen atoms in total. The molecule has 14 heteroatoms. The first-order chi connectivity index (χ1) is 20.3. The molecule has 0 unspecified atom stereocenters. The number of hydrogen-bond donors (Lipinski definition) is 0. The molecule has 0 aliphatic carbocycles. The summed E-state index contributed by atoms with van der Waals surface area (Å²) in [5, 5.41) is 5.28. The summed E-state index contributed by atoms with van der Waals surface area (Å²) in [5.41, 5.74) is 4.46. The van der Waals surface area contributed by atoms with Crippen LogP contribution in [0.1, 0.15) is 22.3 Å². The van der Waals surface area contributed by atoms with Crippen LogP contribution in [0.4, 0.5) is 0 Å². The Labute approximate surface area is 362 Å². The normalized spacial score (nSPS) is 13.1. The topological polar surface area (TPSA) is 0 Å². The molecule has 0 aliphatic rings. The molecule has 4 aromatic carbocycles. The Balaban J connectivity index is 1.84. The first-order valence-electron chi connectivity index (χ1n) is 12.6. The van der Waals surface area contributed by atoms with Crippen LogP contribution in [-0.4, -0.2) is 12.3 Å². The quantitative estimate of drug-likeness (QED) is 0.128. The van der Waals surface area contributed by atoms with Gasteiger partial charge in [0.25, 0.3) is 0 Å². The maximum atomic E-state index is 3.73.